The third-order valence-electron chi connectivity index (χ3n) is 3.17. The number of hydrogen-bond acceptors (Lipinski definition) is 5. The Morgan fingerprint density at radius 1 is 1.15 bits per heavy atom. The van der Waals surface area contributed by atoms with Gasteiger partial charge in [-0.15, -0.1) is 0 Å². The van der Waals surface area contributed by atoms with Crippen LogP contribution in [0.5, 0.6) is 5.75 Å². The van der Waals surface area contributed by atoms with Gasteiger partial charge in [0.2, 0.25) is 0 Å². The van der Waals surface area contributed by atoms with Crippen molar-refractivity contribution >= 4 is 28.5 Å². The summed E-state index contributed by atoms with van der Waals surface area (Å²) in [5.74, 6) is 0.755. The zero-order chi connectivity index (χ0) is 14.1. The van der Waals surface area contributed by atoms with Crippen LogP contribution < -0.4 is 15.4 Å². The van der Waals surface area contributed by atoms with Crippen LogP contribution in [0.2, 0.25) is 0 Å². The minimum Gasteiger partial charge on any atom is -0.495 e. The molecule has 0 aliphatic rings. The lowest BCUT2D eigenvalue weighted by Crippen LogP contribution is -2.10. The lowest BCUT2D eigenvalue weighted by molar-refractivity contribution is 0.415. The Morgan fingerprint density at radius 2 is 1.95 bits per heavy atom. The SMILES string of the molecule is COc1ccccc1N(C)c1nc2c(N)cccc2o1. The average Bonchev–Trinajstić information content (AvgIpc) is 2.92. The Labute approximate surface area is 116 Å². The monoisotopic (exact) mass is 269 g/mol. The normalized spacial score (nSPS) is 10.7. The van der Waals surface area contributed by atoms with Gasteiger partial charge in [0, 0.05) is 7.05 Å². The van der Waals surface area contributed by atoms with Crippen LogP contribution in [0.1, 0.15) is 0 Å². The fourth-order valence-corrected chi connectivity index (χ4v) is 2.11. The van der Waals surface area contributed by atoms with Crippen molar-refractivity contribution in [3.63, 3.8) is 0 Å². The standard InChI is InChI=1S/C15H15N3O2/c1-18(11-7-3-4-8-12(11)19-2)15-17-14-10(16)6-5-9-13(14)20-15/h3-9H,16H2,1-2H3. The molecular formula is C15H15N3O2. The van der Waals surface area contributed by atoms with Crippen molar-refractivity contribution in [3.8, 4) is 5.75 Å². The Hall–Kier alpha value is -2.69. The quantitative estimate of drug-likeness (QED) is 0.740. The van der Waals surface area contributed by atoms with Crippen molar-refractivity contribution in [2.45, 2.75) is 0 Å². The first-order valence-electron chi connectivity index (χ1n) is 6.22. The van der Waals surface area contributed by atoms with Crippen LogP contribution in [0.25, 0.3) is 11.1 Å². The molecule has 5 nitrogen and oxygen atoms in total. The first kappa shape index (κ1) is 12.3. The van der Waals surface area contributed by atoms with E-state index in [0.717, 1.165) is 11.4 Å². The summed E-state index contributed by atoms with van der Waals surface area (Å²) >= 11 is 0. The third kappa shape index (κ3) is 1.93. The number of nitrogens with two attached hydrogens (primary N) is 1. The van der Waals surface area contributed by atoms with Crippen molar-refractivity contribution in [1.29, 1.82) is 0 Å². The predicted molar refractivity (Wildman–Crippen MR) is 79.5 cm³/mol. The molecule has 0 bridgehead atoms. The van der Waals surface area contributed by atoms with Gasteiger partial charge in [-0.3, -0.25) is 4.90 Å². The van der Waals surface area contributed by atoms with Gasteiger partial charge in [0.15, 0.2) is 5.58 Å². The molecule has 5 heteroatoms. The minimum atomic E-state index is 0.474. The molecule has 0 radical (unpaired) electrons. The van der Waals surface area contributed by atoms with Gasteiger partial charge in [-0.1, -0.05) is 18.2 Å². The molecule has 0 aliphatic carbocycles. The molecule has 0 unspecified atom stereocenters. The number of methoxy groups -OCH3 is 1. The van der Waals surface area contributed by atoms with Gasteiger partial charge in [0.05, 0.1) is 18.5 Å². The van der Waals surface area contributed by atoms with Crippen molar-refractivity contribution in [2.24, 2.45) is 0 Å². The number of anilines is 3. The molecule has 3 rings (SSSR count). The van der Waals surface area contributed by atoms with Gasteiger partial charge in [-0.2, -0.15) is 4.98 Å². The fourth-order valence-electron chi connectivity index (χ4n) is 2.11. The number of benzene rings is 2. The first-order valence-corrected chi connectivity index (χ1v) is 6.22. The molecule has 102 valence electrons. The van der Waals surface area contributed by atoms with Crippen LogP contribution in [0.3, 0.4) is 0 Å². The molecule has 0 atom stereocenters. The zero-order valence-corrected chi connectivity index (χ0v) is 11.3. The summed E-state index contributed by atoms with van der Waals surface area (Å²) in [7, 11) is 3.51. The summed E-state index contributed by atoms with van der Waals surface area (Å²) in [5, 5.41) is 0. The Bertz CT molecular complexity index is 752. The van der Waals surface area contributed by atoms with E-state index in [0.29, 0.717) is 22.8 Å². The van der Waals surface area contributed by atoms with Gasteiger partial charge < -0.3 is 14.9 Å². The lowest BCUT2D eigenvalue weighted by atomic mass is 10.3. The number of oxazole rings is 1. The lowest BCUT2D eigenvalue weighted by Gasteiger charge is -2.17. The van der Waals surface area contributed by atoms with Crippen molar-refractivity contribution in [1.82, 2.24) is 4.98 Å². The van der Waals surface area contributed by atoms with E-state index in [9.17, 15) is 0 Å². The second-order valence-corrected chi connectivity index (χ2v) is 4.42. The maximum Gasteiger partial charge on any atom is 0.302 e. The molecule has 2 aromatic carbocycles. The highest BCUT2D eigenvalue weighted by atomic mass is 16.5. The third-order valence-corrected chi connectivity index (χ3v) is 3.17. The Kier molecular flexibility index (Phi) is 2.95. The highest BCUT2D eigenvalue weighted by molar-refractivity contribution is 5.87. The van der Waals surface area contributed by atoms with Gasteiger partial charge in [-0.25, -0.2) is 0 Å². The molecule has 1 aromatic heterocycles. The van der Waals surface area contributed by atoms with Gasteiger partial charge in [-0.05, 0) is 24.3 Å². The first-order chi connectivity index (χ1) is 9.70. The van der Waals surface area contributed by atoms with Crippen LogP contribution in [0.4, 0.5) is 17.4 Å². The second-order valence-electron chi connectivity index (χ2n) is 4.42. The van der Waals surface area contributed by atoms with Crippen LogP contribution in [-0.4, -0.2) is 19.1 Å². The zero-order valence-electron chi connectivity index (χ0n) is 11.3. The maximum absolute atomic E-state index is 5.90. The van der Waals surface area contributed by atoms with Crippen molar-refractivity contribution in [2.75, 3.05) is 24.8 Å². The minimum absolute atomic E-state index is 0.474. The van der Waals surface area contributed by atoms with Crippen LogP contribution in [0, 0.1) is 0 Å². The van der Waals surface area contributed by atoms with Crippen LogP contribution in [-0.2, 0) is 0 Å². The van der Waals surface area contributed by atoms with Gasteiger partial charge in [0.25, 0.3) is 0 Å². The fraction of sp³-hybridized carbons (Fsp3) is 0.133. The van der Waals surface area contributed by atoms with E-state index in [-0.39, 0.29) is 0 Å². The molecule has 2 N–H and O–H groups in total. The smallest absolute Gasteiger partial charge is 0.302 e. The Morgan fingerprint density at radius 3 is 2.70 bits per heavy atom. The molecule has 3 aromatic rings. The summed E-state index contributed by atoms with van der Waals surface area (Å²) in [6.07, 6.45) is 0. The predicted octanol–water partition coefficient (Wildman–Crippen LogP) is 3.19. The number of nitrogens with zero attached hydrogens (tertiary/aromatic N) is 2. The number of rotatable bonds is 3. The van der Waals surface area contributed by atoms with Crippen molar-refractivity contribution in [3.05, 3.63) is 42.5 Å². The van der Waals surface area contributed by atoms with E-state index in [2.05, 4.69) is 4.98 Å². The van der Waals surface area contributed by atoms with E-state index >= 15 is 0 Å². The highest BCUT2D eigenvalue weighted by Gasteiger charge is 2.16. The number of ether oxygens (including phenoxy) is 1. The summed E-state index contributed by atoms with van der Waals surface area (Å²) in [5.41, 5.74) is 8.72. The number of aromatic nitrogens is 1. The number of hydrogen-bond donors (Lipinski definition) is 1. The topological polar surface area (TPSA) is 64.5 Å². The molecule has 1 heterocycles. The summed E-state index contributed by atoms with van der Waals surface area (Å²) in [6.45, 7) is 0. The molecule has 0 amide bonds. The van der Waals surface area contributed by atoms with E-state index < -0.39 is 0 Å². The van der Waals surface area contributed by atoms with Gasteiger partial charge in [0.1, 0.15) is 11.3 Å². The Balaban J connectivity index is 2.08. The van der Waals surface area contributed by atoms with Crippen molar-refractivity contribution < 1.29 is 9.15 Å². The van der Waals surface area contributed by atoms with Gasteiger partial charge >= 0.3 is 6.01 Å². The molecule has 0 fully saturated rings. The van der Waals surface area contributed by atoms with E-state index in [1.54, 1.807) is 13.2 Å². The molecular weight excluding hydrogens is 254 g/mol. The highest BCUT2D eigenvalue weighted by Crippen LogP contribution is 2.34. The van der Waals surface area contributed by atoms with E-state index in [1.165, 1.54) is 0 Å². The number of para-hydroxylation sites is 3. The molecule has 20 heavy (non-hydrogen) atoms. The van der Waals surface area contributed by atoms with Crippen LogP contribution >= 0.6 is 0 Å². The number of nitrogen functional groups attached to an aromatic ring is 1. The molecule has 0 aliphatic heterocycles. The summed E-state index contributed by atoms with van der Waals surface area (Å²) < 4.78 is 11.1. The van der Waals surface area contributed by atoms with E-state index in [1.807, 2.05) is 48.3 Å². The summed E-state index contributed by atoms with van der Waals surface area (Å²) in [6, 6.07) is 13.7. The average molecular weight is 269 g/mol. The van der Waals surface area contributed by atoms with E-state index in [4.69, 9.17) is 14.9 Å². The second kappa shape index (κ2) is 4.77. The number of fused-ring (bicyclic) bond motifs is 1. The molecule has 0 spiro atoms. The van der Waals surface area contributed by atoms with Crippen LogP contribution in [0.15, 0.2) is 46.9 Å². The largest absolute Gasteiger partial charge is 0.495 e. The summed E-state index contributed by atoms with van der Waals surface area (Å²) in [4.78, 5) is 6.27. The molecule has 0 saturated carbocycles. The maximum atomic E-state index is 5.90. The molecule has 0 saturated heterocycles.